The van der Waals surface area contributed by atoms with Crippen molar-refractivity contribution in [3.05, 3.63) is 0 Å². The summed E-state index contributed by atoms with van der Waals surface area (Å²) in [5.41, 5.74) is 0. The average Bonchev–Trinajstić information content (AvgIpc) is 2.55. The molecular formula is C20H39NO5. The summed E-state index contributed by atoms with van der Waals surface area (Å²) < 4.78 is 11.0. The van der Waals surface area contributed by atoms with Crippen LogP contribution in [0.3, 0.4) is 0 Å². The Kier molecular flexibility index (Phi) is 17.8. The lowest BCUT2D eigenvalue weighted by molar-refractivity contribution is -0.125. The topological polar surface area (TPSA) is 81.7 Å². The third-order valence-corrected chi connectivity index (χ3v) is 3.33. The normalized spacial score (nSPS) is 11.7. The fourth-order valence-electron chi connectivity index (χ4n) is 1.92. The number of carbonyl (C=O) groups is 3. The van der Waals surface area contributed by atoms with Crippen molar-refractivity contribution in [3.63, 3.8) is 0 Å². The molecule has 0 aliphatic rings. The van der Waals surface area contributed by atoms with E-state index < -0.39 is 0 Å². The smallest absolute Gasteiger partial charge is 0.220 e. The molecule has 0 aliphatic carbocycles. The Hall–Kier alpha value is -1.27. The Morgan fingerprint density at radius 2 is 1.38 bits per heavy atom. The van der Waals surface area contributed by atoms with E-state index in [1.165, 1.54) is 6.92 Å². The van der Waals surface area contributed by atoms with Gasteiger partial charge in [-0.05, 0) is 12.8 Å². The van der Waals surface area contributed by atoms with E-state index in [4.69, 9.17) is 9.47 Å². The lowest BCUT2D eigenvalue weighted by Gasteiger charge is -2.19. The first kappa shape index (κ1) is 27.0. The zero-order chi connectivity index (χ0) is 20.5. The summed E-state index contributed by atoms with van der Waals surface area (Å²) >= 11 is 0. The van der Waals surface area contributed by atoms with Crippen LogP contribution < -0.4 is 5.32 Å². The molecule has 0 aromatic carbocycles. The van der Waals surface area contributed by atoms with Gasteiger partial charge >= 0.3 is 0 Å². The van der Waals surface area contributed by atoms with Crippen LogP contribution in [0.4, 0.5) is 0 Å². The van der Waals surface area contributed by atoms with Gasteiger partial charge in [0, 0.05) is 25.2 Å². The summed E-state index contributed by atoms with van der Waals surface area (Å²) in [5.74, 6) is 0.456. The third-order valence-electron chi connectivity index (χ3n) is 3.33. The number of ketones is 2. The van der Waals surface area contributed by atoms with E-state index in [-0.39, 0.29) is 48.6 Å². The van der Waals surface area contributed by atoms with E-state index in [0.29, 0.717) is 32.5 Å². The van der Waals surface area contributed by atoms with E-state index in [1.54, 1.807) is 0 Å². The molecule has 1 atom stereocenters. The minimum absolute atomic E-state index is 0.00468. The van der Waals surface area contributed by atoms with Crippen molar-refractivity contribution in [3.8, 4) is 0 Å². The van der Waals surface area contributed by atoms with E-state index in [9.17, 15) is 14.4 Å². The van der Waals surface area contributed by atoms with Crippen molar-refractivity contribution in [2.45, 2.75) is 73.8 Å². The average molecular weight is 374 g/mol. The van der Waals surface area contributed by atoms with Crippen molar-refractivity contribution in [2.24, 2.45) is 11.8 Å². The van der Waals surface area contributed by atoms with Crippen LogP contribution in [0.5, 0.6) is 0 Å². The molecule has 26 heavy (non-hydrogen) atoms. The molecule has 0 heterocycles. The molecule has 154 valence electrons. The summed E-state index contributed by atoms with van der Waals surface area (Å²) in [7, 11) is 0. The molecule has 6 heteroatoms. The standard InChI is InChI=1S/C18H33NO5.C2H6/c1-13(2)10-18(22)19-16(11-23-8-6-15(5)20)12-24-9-7-17(21)14(3)4;1-2/h13-14,16H,6-12H2,1-5H3,(H,19,22);1-2H3. The largest absolute Gasteiger partial charge is 0.379 e. The summed E-state index contributed by atoms with van der Waals surface area (Å²) in [6, 6.07) is -0.280. The van der Waals surface area contributed by atoms with Crippen LogP contribution in [0.25, 0.3) is 0 Å². The fourth-order valence-corrected chi connectivity index (χ4v) is 1.92. The quantitative estimate of drug-likeness (QED) is 0.473. The third kappa shape index (κ3) is 17.5. The molecule has 0 radical (unpaired) electrons. The fraction of sp³-hybridized carbons (Fsp3) is 0.850. The minimum atomic E-state index is -0.280. The molecule has 0 saturated heterocycles. The van der Waals surface area contributed by atoms with E-state index >= 15 is 0 Å². The maximum atomic E-state index is 11.9. The zero-order valence-corrected chi connectivity index (χ0v) is 17.7. The molecule has 0 rings (SSSR count). The molecule has 0 bridgehead atoms. The molecule has 6 nitrogen and oxygen atoms in total. The lowest BCUT2D eigenvalue weighted by Crippen LogP contribution is -2.42. The summed E-state index contributed by atoms with van der Waals surface area (Å²) in [4.78, 5) is 34.4. The Morgan fingerprint density at radius 3 is 1.81 bits per heavy atom. The molecule has 1 amide bonds. The predicted molar refractivity (Wildman–Crippen MR) is 104 cm³/mol. The van der Waals surface area contributed by atoms with E-state index in [2.05, 4.69) is 5.32 Å². The maximum absolute atomic E-state index is 11.9. The first-order valence-corrected chi connectivity index (χ1v) is 9.69. The Balaban J connectivity index is 0. The maximum Gasteiger partial charge on any atom is 0.220 e. The molecule has 0 saturated carbocycles. The molecule has 0 aromatic heterocycles. The highest BCUT2D eigenvalue weighted by Crippen LogP contribution is 2.02. The number of hydrogen-bond acceptors (Lipinski definition) is 5. The van der Waals surface area contributed by atoms with Crippen molar-refractivity contribution >= 4 is 17.5 Å². The van der Waals surface area contributed by atoms with Crippen LogP contribution in [0.1, 0.15) is 67.7 Å². The Morgan fingerprint density at radius 1 is 0.885 bits per heavy atom. The molecule has 0 aliphatic heterocycles. The number of nitrogens with one attached hydrogen (secondary N) is 1. The lowest BCUT2D eigenvalue weighted by atomic mass is 10.1. The summed E-state index contributed by atoms with van der Waals surface area (Å²) in [6.07, 6.45) is 1.17. The Bertz CT molecular complexity index is 394. The summed E-state index contributed by atoms with van der Waals surface area (Å²) in [6.45, 7) is 14.4. The van der Waals surface area contributed by atoms with Crippen molar-refractivity contribution in [1.82, 2.24) is 5.32 Å². The van der Waals surface area contributed by atoms with Crippen LogP contribution in [0, 0.1) is 11.8 Å². The molecule has 1 unspecified atom stereocenters. The summed E-state index contributed by atoms with van der Waals surface area (Å²) in [5, 5.41) is 2.89. The zero-order valence-electron chi connectivity index (χ0n) is 17.7. The van der Waals surface area contributed by atoms with Gasteiger partial charge in [0.2, 0.25) is 5.91 Å². The number of amides is 1. The number of hydrogen-bond donors (Lipinski definition) is 1. The van der Waals surface area contributed by atoms with Gasteiger partial charge in [0.05, 0.1) is 32.5 Å². The molecule has 0 spiro atoms. The van der Waals surface area contributed by atoms with Crippen LogP contribution in [-0.2, 0) is 23.9 Å². The van der Waals surface area contributed by atoms with Gasteiger partial charge in [-0.3, -0.25) is 14.4 Å². The highest BCUT2D eigenvalue weighted by molar-refractivity contribution is 5.80. The van der Waals surface area contributed by atoms with Crippen LogP contribution in [0.2, 0.25) is 0 Å². The first-order chi connectivity index (χ1) is 12.2. The second-order valence-corrected chi connectivity index (χ2v) is 6.84. The number of ether oxygens (including phenoxy) is 2. The first-order valence-electron chi connectivity index (χ1n) is 9.69. The molecule has 1 N–H and O–H groups in total. The van der Waals surface area contributed by atoms with Gasteiger partial charge in [-0.1, -0.05) is 41.5 Å². The van der Waals surface area contributed by atoms with E-state index in [1.807, 2.05) is 41.5 Å². The van der Waals surface area contributed by atoms with Crippen molar-refractivity contribution < 1.29 is 23.9 Å². The number of Topliss-reactive ketones (excluding diaryl/α,β-unsaturated/α-hetero) is 2. The highest BCUT2D eigenvalue weighted by atomic mass is 16.5. The van der Waals surface area contributed by atoms with Gasteiger partial charge in [0.1, 0.15) is 11.6 Å². The van der Waals surface area contributed by atoms with Crippen molar-refractivity contribution in [2.75, 3.05) is 26.4 Å². The van der Waals surface area contributed by atoms with E-state index in [0.717, 1.165) is 0 Å². The SMILES string of the molecule is CC.CC(=O)CCOCC(COCCC(=O)C(C)C)NC(=O)CC(C)C. The minimum Gasteiger partial charge on any atom is -0.379 e. The number of carbonyl (C=O) groups excluding carboxylic acids is 3. The second kappa shape index (κ2) is 17.2. The van der Waals surface area contributed by atoms with Gasteiger partial charge in [-0.15, -0.1) is 0 Å². The highest BCUT2D eigenvalue weighted by Gasteiger charge is 2.15. The van der Waals surface area contributed by atoms with Crippen molar-refractivity contribution in [1.29, 1.82) is 0 Å². The van der Waals surface area contributed by atoms with Crippen LogP contribution >= 0.6 is 0 Å². The monoisotopic (exact) mass is 373 g/mol. The number of rotatable bonds is 14. The van der Waals surface area contributed by atoms with Gasteiger partial charge in [-0.2, -0.15) is 0 Å². The van der Waals surface area contributed by atoms with Crippen LogP contribution in [-0.4, -0.2) is 49.9 Å². The second-order valence-electron chi connectivity index (χ2n) is 6.84. The molecular weight excluding hydrogens is 334 g/mol. The Labute approximate surface area is 159 Å². The van der Waals surface area contributed by atoms with Gasteiger partial charge in [0.25, 0.3) is 0 Å². The van der Waals surface area contributed by atoms with Gasteiger partial charge in [-0.25, -0.2) is 0 Å². The molecule has 0 fully saturated rings. The van der Waals surface area contributed by atoms with Gasteiger partial charge < -0.3 is 14.8 Å². The van der Waals surface area contributed by atoms with Gasteiger partial charge in [0.15, 0.2) is 0 Å². The van der Waals surface area contributed by atoms with Crippen LogP contribution in [0.15, 0.2) is 0 Å². The predicted octanol–water partition coefficient (Wildman–Crippen LogP) is 3.17. The molecule has 0 aromatic rings.